The normalized spacial score (nSPS) is 14.5. The molecule has 13 aromatic rings. The molecule has 6 nitrogen and oxygen atoms in total. The quantitative estimate of drug-likeness (QED) is 0.167. The lowest BCUT2D eigenvalue weighted by Gasteiger charge is -2.11. The van der Waals surface area contributed by atoms with Crippen LogP contribution in [0.15, 0.2) is 215 Å². The second-order valence-electron chi connectivity index (χ2n) is 15.0. The second-order valence-corrected chi connectivity index (χ2v) is 15.0. The van der Waals surface area contributed by atoms with Crippen molar-refractivity contribution in [2.24, 2.45) is 0 Å². The van der Waals surface area contributed by atoms with E-state index >= 15 is 0 Å². The van der Waals surface area contributed by atoms with Crippen molar-refractivity contribution in [3.63, 3.8) is 0 Å². The molecule has 294 valence electrons. The van der Waals surface area contributed by atoms with Crippen molar-refractivity contribution in [3.05, 3.63) is 206 Å². The van der Waals surface area contributed by atoms with Crippen molar-refractivity contribution < 1.29 is 25.3 Å². The van der Waals surface area contributed by atoms with E-state index in [-0.39, 0.29) is 50.5 Å². The van der Waals surface area contributed by atoms with E-state index in [0.29, 0.717) is 27.5 Å². The van der Waals surface area contributed by atoms with Crippen LogP contribution in [0.3, 0.4) is 0 Å². The number of benzene rings is 9. The fourth-order valence-corrected chi connectivity index (χ4v) is 8.63. The van der Waals surface area contributed by atoms with E-state index in [1.165, 1.54) is 0 Å². The summed E-state index contributed by atoms with van der Waals surface area (Å²) in [6.45, 7) is 0. The zero-order valence-corrected chi connectivity index (χ0v) is 32.8. The summed E-state index contributed by atoms with van der Waals surface area (Å²) in [4.78, 5) is 14.2. The van der Waals surface area contributed by atoms with E-state index in [1.54, 1.807) is 18.2 Å². The molecule has 0 atom stereocenters. The first kappa shape index (κ1) is 25.2. The number of para-hydroxylation sites is 3. The summed E-state index contributed by atoms with van der Waals surface area (Å²) in [6.07, 6.45) is 0. The molecule has 0 amide bonds. The zero-order chi connectivity index (χ0) is 51.9. The molecule has 0 bridgehead atoms. The molecule has 0 N–H and O–H groups in total. The molecule has 63 heavy (non-hydrogen) atoms. The molecule has 13 rings (SSSR count). The minimum absolute atomic E-state index is 0.0827. The van der Waals surface area contributed by atoms with Gasteiger partial charge in [0, 0.05) is 60.3 Å². The molecule has 4 aromatic heterocycles. The van der Waals surface area contributed by atoms with E-state index < -0.39 is 72.5 Å². The van der Waals surface area contributed by atoms with Crippen LogP contribution in [0.25, 0.3) is 128 Å². The molecule has 6 heteroatoms. The summed E-state index contributed by atoms with van der Waals surface area (Å²) in [7, 11) is 0. The van der Waals surface area contributed by atoms with Gasteiger partial charge in [0.25, 0.3) is 0 Å². The van der Waals surface area contributed by atoms with E-state index in [1.807, 2.05) is 48.5 Å². The zero-order valence-electron chi connectivity index (χ0n) is 44.8. The van der Waals surface area contributed by atoms with Gasteiger partial charge in [-0.3, -0.25) is 0 Å². The van der Waals surface area contributed by atoms with Gasteiger partial charge in [-0.15, -0.1) is 0 Å². The van der Waals surface area contributed by atoms with Crippen molar-refractivity contribution in [2.45, 2.75) is 0 Å². The molecule has 0 spiro atoms. The monoisotopic (exact) mass is 818 g/mol. The molecular weight excluding hydrogens is 773 g/mol. The van der Waals surface area contributed by atoms with E-state index in [9.17, 15) is 4.11 Å². The number of aromatic nitrogens is 4. The first-order valence-electron chi connectivity index (χ1n) is 26.1. The van der Waals surface area contributed by atoms with Gasteiger partial charge in [-0.05, 0) is 71.2 Å². The smallest absolute Gasteiger partial charge is 0.164 e. The van der Waals surface area contributed by atoms with Crippen LogP contribution in [0.4, 0.5) is 0 Å². The van der Waals surface area contributed by atoms with Crippen molar-refractivity contribution >= 4 is 65.7 Å². The van der Waals surface area contributed by atoms with E-state index in [0.717, 1.165) is 49.7 Å². The summed E-state index contributed by atoms with van der Waals surface area (Å²) in [5.74, 6) is -0.843. The molecule has 0 aliphatic rings. The Balaban J connectivity index is 1.02. The first-order valence-corrected chi connectivity index (χ1v) is 20.1. The molecule has 0 saturated heterocycles. The lowest BCUT2D eigenvalue weighted by Crippen LogP contribution is -2.00. The maximum atomic E-state index is 9.44. The van der Waals surface area contributed by atoms with Crippen LogP contribution in [-0.4, -0.2) is 19.5 Å². The Morgan fingerprint density at radius 1 is 0.397 bits per heavy atom. The highest BCUT2D eigenvalue weighted by atomic mass is 16.3. The Hall–Kier alpha value is -8.61. The van der Waals surface area contributed by atoms with Crippen molar-refractivity contribution in [1.29, 1.82) is 0 Å². The van der Waals surface area contributed by atoms with Crippen LogP contribution >= 0.6 is 0 Å². The van der Waals surface area contributed by atoms with E-state index in [4.69, 9.17) is 31.1 Å². The number of furan rings is 2. The molecular formula is C57H34N4O2. The van der Waals surface area contributed by atoms with Crippen LogP contribution < -0.4 is 0 Å². The molecule has 0 aliphatic heterocycles. The molecule has 0 saturated carbocycles. The highest BCUT2D eigenvalue weighted by Gasteiger charge is 2.21. The summed E-state index contributed by atoms with van der Waals surface area (Å²) < 4.78 is 120. The molecule has 0 unspecified atom stereocenters. The second kappa shape index (κ2) is 14.0. The van der Waals surface area contributed by atoms with Crippen LogP contribution in [0, 0.1) is 0 Å². The Bertz CT molecular complexity index is 4620. The molecule has 0 aliphatic carbocycles. The number of fused-ring (bicyclic) bond motifs is 9. The summed E-state index contributed by atoms with van der Waals surface area (Å²) >= 11 is 0. The van der Waals surface area contributed by atoms with Crippen molar-refractivity contribution in [1.82, 2.24) is 19.5 Å². The first-order chi connectivity index (χ1) is 36.2. The predicted molar refractivity (Wildman–Crippen MR) is 256 cm³/mol. The Labute approximate surface area is 377 Å². The highest BCUT2D eigenvalue weighted by Crippen LogP contribution is 2.42. The topological polar surface area (TPSA) is 69.9 Å². The SMILES string of the molecule is [2H]c1c([2H])c([2H])c(-c2nc(-c3c([2H])c([2H])c4c(oc5c([2H])c([2H])c([2H])c([2H])c54)c3[2H])nc(-c3cccc4oc5c(-c6ccc7c(c6)c6ccccc6n7-c6cccc(-c7ccccc7)c6)cccc5c34)n2)c([2H])c1[2H]. The molecule has 4 heterocycles. The van der Waals surface area contributed by atoms with Crippen LogP contribution in [0.5, 0.6) is 0 Å². The van der Waals surface area contributed by atoms with Crippen LogP contribution in [-0.2, 0) is 0 Å². The van der Waals surface area contributed by atoms with Crippen LogP contribution in [0.1, 0.15) is 16.4 Å². The number of hydrogen-bond donors (Lipinski definition) is 0. The van der Waals surface area contributed by atoms with Gasteiger partial charge in [0.05, 0.1) is 27.5 Å². The maximum Gasteiger partial charge on any atom is 0.164 e. The third-order valence-electron chi connectivity index (χ3n) is 11.4. The minimum atomic E-state index is -0.649. The number of rotatable bonds is 6. The minimum Gasteiger partial charge on any atom is -0.456 e. The van der Waals surface area contributed by atoms with E-state index in [2.05, 4.69) is 76.3 Å². The van der Waals surface area contributed by atoms with Gasteiger partial charge in [0.2, 0.25) is 0 Å². The number of hydrogen-bond acceptors (Lipinski definition) is 5. The average Bonchev–Trinajstić information content (AvgIpc) is 4.19. The third-order valence-corrected chi connectivity index (χ3v) is 11.4. The van der Waals surface area contributed by atoms with Crippen molar-refractivity contribution in [3.8, 4) is 62.1 Å². The van der Waals surface area contributed by atoms with Gasteiger partial charge < -0.3 is 13.4 Å². The fraction of sp³-hybridized carbons (Fsp3) is 0. The standard InChI is InChI=1S/C57H34N4O2/c1-3-14-35(15-4-1)37-18-11-19-40(32-37)61-48-25-9-7-20-42(48)47-33-38(29-31-49(47)61)41-22-12-23-45-53-46(24-13-27-51(53)63-54(41)45)57-59-55(36-16-5-2-6-17-36)58-56(60-57)39-28-30-44-43-21-8-10-26-50(43)62-52(44)34-39/h1-34H/i2D,5D,6D,8D,10D,16D,17D,21D,26D,28D,30D,34D. The van der Waals surface area contributed by atoms with Gasteiger partial charge >= 0.3 is 0 Å². The highest BCUT2D eigenvalue weighted by molar-refractivity contribution is 6.16. The Morgan fingerprint density at radius 3 is 2.03 bits per heavy atom. The summed E-state index contributed by atoms with van der Waals surface area (Å²) in [5, 5.41) is 2.98. The maximum absolute atomic E-state index is 9.44. The number of nitrogens with zero attached hydrogens (tertiary/aromatic N) is 4. The molecule has 9 aromatic carbocycles. The lowest BCUT2D eigenvalue weighted by atomic mass is 9.99. The summed E-state index contributed by atoms with van der Waals surface area (Å²) in [5.41, 5.74) is 6.95. The largest absolute Gasteiger partial charge is 0.456 e. The van der Waals surface area contributed by atoms with Gasteiger partial charge in [-0.1, -0.05) is 151 Å². The molecule has 0 radical (unpaired) electrons. The third kappa shape index (κ3) is 5.69. The lowest BCUT2D eigenvalue weighted by molar-refractivity contribution is 0.669. The average molecular weight is 819 g/mol. The summed E-state index contributed by atoms with van der Waals surface area (Å²) in [6, 6.07) is 37.4. The van der Waals surface area contributed by atoms with Crippen LogP contribution in [0.2, 0.25) is 0 Å². The van der Waals surface area contributed by atoms with Gasteiger partial charge in [0.15, 0.2) is 17.5 Å². The fourth-order valence-electron chi connectivity index (χ4n) is 8.63. The van der Waals surface area contributed by atoms with Gasteiger partial charge in [0.1, 0.15) is 22.3 Å². The van der Waals surface area contributed by atoms with Crippen molar-refractivity contribution in [2.75, 3.05) is 0 Å². The predicted octanol–water partition coefficient (Wildman–Crippen LogP) is 15.1. The Kier molecular flexibility index (Phi) is 5.60. The van der Waals surface area contributed by atoms with Gasteiger partial charge in [-0.25, -0.2) is 15.0 Å². The Morgan fingerprint density at radius 2 is 1.11 bits per heavy atom. The van der Waals surface area contributed by atoms with Gasteiger partial charge in [-0.2, -0.15) is 0 Å². The molecule has 0 fully saturated rings.